The van der Waals surface area contributed by atoms with Crippen molar-refractivity contribution in [3.05, 3.63) is 46.0 Å². The number of aliphatic carboxylic acids is 1. The average Bonchev–Trinajstić information content (AvgIpc) is 3.74. The van der Waals surface area contributed by atoms with E-state index >= 15 is 0 Å². The van der Waals surface area contributed by atoms with Gasteiger partial charge in [0.1, 0.15) is 36.6 Å². The fourth-order valence-corrected chi connectivity index (χ4v) is 5.03. The Labute approximate surface area is 235 Å². The van der Waals surface area contributed by atoms with Crippen molar-refractivity contribution >= 4 is 34.3 Å². The van der Waals surface area contributed by atoms with E-state index in [1.807, 2.05) is 0 Å². The number of aromatic amines is 2. The third-order valence-corrected chi connectivity index (χ3v) is 7.17. The number of H-pyrrole nitrogens is 2. The molecule has 6 heterocycles. The number of esters is 1. The Morgan fingerprint density at radius 3 is 1.74 bits per heavy atom. The van der Waals surface area contributed by atoms with E-state index in [1.54, 1.807) is 0 Å². The lowest BCUT2D eigenvalue weighted by Gasteiger charge is -2.25. The van der Waals surface area contributed by atoms with Gasteiger partial charge in [-0.2, -0.15) is 0 Å². The Morgan fingerprint density at radius 1 is 0.791 bits per heavy atom. The normalized spacial score (nSPS) is 30.5. The molecular weight excluding hydrogens is 584 g/mol. The minimum atomic E-state index is -2.38. The van der Waals surface area contributed by atoms with Gasteiger partial charge in [-0.25, -0.2) is 29.5 Å². The summed E-state index contributed by atoms with van der Waals surface area (Å²) in [5.74, 6) is -3.49. The van der Waals surface area contributed by atoms with Crippen LogP contribution in [0.1, 0.15) is 12.5 Å². The number of carboxylic acids is 1. The van der Waals surface area contributed by atoms with E-state index in [9.17, 15) is 49.8 Å². The number of aliphatic hydroxyl groups excluding tert-OH is 5. The van der Waals surface area contributed by atoms with Gasteiger partial charge in [-0.05, 0) is 0 Å². The number of nitrogens with one attached hydrogen (secondary N) is 2. The zero-order valence-corrected chi connectivity index (χ0v) is 21.3. The summed E-state index contributed by atoms with van der Waals surface area (Å²) in [6.07, 6.45) is -14.7. The van der Waals surface area contributed by atoms with Gasteiger partial charge in [0.05, 0.1) is 25.3 Å². The van der Waals surface area contributed by atoms with Crippen LogP contribution < -0.4 is 11.1 Å². The first-order valence-corrected chi connectivity index (χ1v) is 12.4. The van der Waals surface area contributed by atoms with Crippen molar-refractivity contribution in [2.24, 2.45) is 0 Å². The van der Waals surface area contributed by atoms with Crippen molar-refractivity contribution in [1.82, 2.24) is 39.0 Å². The number of fused-ring (bicyclic) bond motifs is 2. The summed E-state index contributed by atoms with van der Waals surface area (Å²) in [6, 6.07) is 0. The fourth-order valence-electron chi connectivity index (χ4n) is 5.03. The molecule has 10 atom stereocenters. The molecule has 43 heavy (non-hydrogen) atoms. The molecule has 0 saturated carbocycles. The number of hydrogen-bond donors (Lipinski definition) is 8. The van der Waals surface area contributed by atoms with Gasteiger partial charge in [-0.1, -0.05) is 0 Å². The number of nitrogens with zero attached hydrogens (tertiary/aromatic N) is 6. The van der Waals surface area contributed by atoms with E-state index in [4.69, 9.17) is 14.2 Å². The molecule has 4 aromatic rings. The van der Waals surface area contributed by atoms with Gasteiger partial charge in [0.15, 0.2) is 40.9 Å². The van der Waals surface area contributed by atoms with Gasteiger partial charge < -0.3 is 54.8 Å². The summed E-state index contributed by atoms with van der Waals surface area (Å²) in [7, 11) is 0. The van der Waals surface area contributed by atoms with Gasteiger partial charge in [0, 0.05) is 0 Å². The Bertz CT molecular complexity index is 1820. The van der Waals surface area contributed by atoms with Gasteiger partial charge in [-0.15, -0.1) is 0 Å². The predicted molar refractivity (Wildman–Crippen MR) is 132 cm³/mol. The molecule has 21 nitrogen and oxygen atoms in total. The first kappa shape index (κ1) is 28.5. The van der Waals surface area contributed by atoms with E-state index < -0.39 is 84.3 Å². The van der Waals surface area contributed by atoms with Crippen LogP contribution in [0, 0.1) is 0 Å². The topological polar surface area (TPSA) is 310 Å². The lowest BCUT2D eigenvalue weighted by atomic mass is 10.0. The van der Waals surface area contributed by atoms with Crippen LogP contribution in [0.5, 0.6) is 0 Å². The highest BCUT2D eigenvalue weighted by Crippen LogP contribution is 2.35. The summed E-state index contributed by atoms with van der Waals surface area (Å²) in [5.41, 5.74) is -1.59. The van der Waals surface area contributed by atoms with Crippen molar-refractivity contribution in [2.75, 3.05) is 0 Å². The Morgan fingerprint density at radius 2 is 1.26 bits per heavy atom. The summed E-state index contributed by atoms with van der Waals surface area (Å²) in [5, 5.41) is 62.7. The molecule has 21 heteroatoms. The molecular formula is C22H22N8O13. The number of carboxylic acid groups (broad SMARTS) is 1. The van der Waals surface area contributed by atoms with E-state index in [-0.39, 0.29) is 22.3 Å². The second-order valence-electron chi connectivity index (χ2n) is 9.70. The Kier molecular flexibility index (Phi) is 7.00. The van der Waals surface area contributed by atoms with Gasteiger partial charge in [0.25, 0.3) is 11.1 Å². The first-order valence-electron chi connectivity index (χ1n) is 12.4. The Hall–Kier alpha value is -4.64. The highest BCUT2D eigenvalue weighted by Gasteiger charge is 2.54. The number of aromatic nitrogens is 8. The molecule has 0 amide bonds. The smallest absolute Gasteiger partial charge is 0.347 e. The van der Waals surface area contributed by atoms with Crippen LogP contribution in [0.4, 0.5) is 0 Å². The minimum Gasteiger partial charge on any atom is -0.478 e. The molecule has 0 aliphatic carbocycles. The zero-order valence-electron chi connectivity index (χ0n) is 21.3. The van der Waals surface area contributed by atoms with E-state index in [2.05, 4.69) is 29.9 Å². The van der Waals surface area contributed by atoms with Crippen LogP contribution in [-0.4, -0.2) is 130 Å². The summed E-state index contributed by atoms with van der Waals surface area (Å²) >= 11 is 0. The maximum Gasteiger partial charge on any atom is 0.347 e. The van der Waals surface area contributed by atoms with E-state index in [0.717, 1.165) is 34.4 Å². The molecule has 4 aromatic heterocycles. The highest BCUT2D eigenvalue weighted by molar-refractivity contribution is 5.81. The molecule has 2 fully saturated rings. The van der Waals surface area contributed by atoms with Crippen molar-refractivity contribution in [3.8, 4) is 0 Å². The molecule has 8 N–H and O–H groups in total. The van der Waals surface area contributed by atoms with Crippen LogP contribution in [0.15, 0.2) is 34.9 Å². The molecule has 228 valence electrons. The van der Waals surface area contributed by atoms with Crippen molar-refractivity contribution < 1.29 is 54.4 Å². The van der Waals surface area contributed by atoms with Gasteiger partial charge >= 0.3 is 11.9 Å². The summed E-state index contributed by atoms with van der Waals surface area (Å²) < 4.78 is 18.1. The van der Waals surface area contributed by atoms with Crippen LogP contribution in [0.2, 0.25) is 0 Å². The fraction of sp³-hybridized carbons (Fsp3) is 0.455. The molecule has 0 aromatic carbocycles. The SMILES string of the molecule is O=C(OC(C(=O)O)[C@H]1O[C@@H](n2cnc3c(=O)[nH]cnc32)[C@H](O)[C@@H]1O)C(O)[C@H]1O[C@@H](n2cnc3c(=O)[nH]cnc32)[C@H](O)[C@@H]1O. The zero-order chi connectivity index (χ0) is 30.7. The number of rotatable bonds is 7. The molecule has 2 unspecified atom stereocenters. The number of carbonyl (C=O) groups excluding carboxylic acids is 1. The first-order chi connectivity index (χ1) is 20.5. The maximum absolute atomic E-state index is 12.9. The highest BCUT2D eigenvalue weighted by atomic mass is 16.6. The second kappa shape index (κ2) is 10.6. The third-order valence-electron chi connectivity index (χ3n) is 7.17. The standard InChI is InChI=1S/C22H22N8O13/c31-7-9(33)19(29-3-27-5-15(29)23-1-25-17(5)36)41-12(7)11(35)22(40)43-14(21(38)39)13-8(32)10(34)20(42-13)30-4-28-6-16(30)24-2-26-18(6)37/h1-4,7-14,19-20,31-35H,(H,38,39)(H,23,25,36)(H,24,26,37)/t7-,8-,9+,10+,11?,12-,13-,14?,19+,20+/m0/s1. The second-order valence-corrected chi connectivity index (χ2v) is 9.70. The largest absolute Gasteiger partial charge is 0.478 e. The minimum absolute atomic E-state index is 0.0467. The molecule has 6 rings (SSSR count). The van der Waals surface area contributed by atoms with Crippen LogP contribution in [-0.2, 0) is 23.8 Å². The van der Waals surface area contributed by atoms with Crippen LogP contribution in [0.25, 0.3) is 22.3 Å². The molecule has 2 aliphatic heterocycles. The third kappa shape index (κ3) is 4.55. The summed E-state index contributed by atoms with van der Waals surface area (Å²) in [6.45, 7) is 0. The monoisotopic (exact) mass is 606 g/mol. The number of hydrogen-bond acceptors (Lipinski definition) is 16. The van der Waals surface area contributed by atoms with Crippen molar-refractivity contribution in [3.63, 3.8) is 0 Å². The number of carbonyl (C=O) groups is 2. The summed E-state index contributed by atoms with van der Waals surface area (Å²) in [4.78, 5) is 69.1. The van der Waals surface area contributed by atoms with Crippen molar-refractivity contribution in [2.45, 2.75) is 61.3 Å². The molecule has 0 radical (unpaired) electrons. The number of ether oxygens (including phenoxy) is 3. The number of aliphatic hydroxyl groups is 5. The van der Waals surface area contributed by atoms with Crippen LogP contribution in [0.3, 0.4) is 0 Å². The molecule has 2 saturated heterocycles. The Balaban J connectivity index is 1.20. The van der Waals surface area contributed by atoms with E-state index in [0.29, 0.717) is 0 Å². The van der Waals surface area contributed by atoms with Crippen LogP contribution >= 0.6 is 0 Å². The predicted octanol–water partition coefficient (Wildman–Crippen LogP) is -5.15. The van der Waals surface area contributed by atoms with E-state index in [1.165, 1.54) is 0 Å². The van der Waals surface area contributed by atoms with Gasteiger partial charge in [0.2, 0.25) is 6.10 Å². The lowest BCUT2D eigenvalue weighted by Crippen LogP contribution is -2.49. The molecule has 2 aliphatic rings. The van der Waals surface area contributed by atoms with Gasteiger partial charge in [-0.3, -0.25) is 18.7 Å². The average molecular weight is 606 g/mol. The maximum atomic E-state index is 12.9. The molecule has 0 bridgehead atoms. The number of imidazole rings is 2. The molecule has 0 spiro atoms. The quantitative estimate of drug-likeness (QED) is 0.0912. The van der Waals surface area contributed by atoms with Crippen molar-refractivity contribution in [1.29, 1.82) is 0 Å². The lowest BCUT2D eigenvalue weighted by molar-refractivity contribution is -0.191.